The summed E-state index contributed by atoms with van der Waals surface area (Å²) in [7, 11) is 0. The number of nitrogens with one attached hydrogen (secondary N) is 2. The first-order valence-corrected chi connectivity index (χ1v) is 10.7. The first-order chi connectivity index (χ1) is 13.7. The van der Waals surface area contributed by atoms with Gasteiger partial charge in [0.25, 0.3) is 5.91 Å². The van der Waals surface area contributed by atoms with Crippen LogP contribution in [0.2, 0.25) is 0 Å². The zero-order valence-electron chi connectivity index (χ0n) is 15.3. The van der Waals surface area contributed by atoms with E-state index in [1.54, 1.807) is 36.4 Å². The lowest BCUT2D eigenvalue weighted by Gasteiger charge is -2.06. The fourth-order valence-corrected chi connectivity index (χ4v) is 3.99. The molecule has 0 unspecified atom stereocenters. The summed E-state index contributed by atoms with van der Waals surface area (Å²) in [4.78, 5) is 24.5. The van der Waals surface area contributed by atoms with Crippen molar-refractivity contribution < 1.29 is 9.59 Å². The van der Waals surface area contributed by atoms with Gasteiger partial charge in [-0.1, -0.05) is 48.2 Å². The molecule has 1 heterocycles. The number of hydrogen-bond acceptors (Lipinski definition) is 7. The molecule has 144 valence electrons. The van der Waals surface area contributed by atoms with Crippen LogP contribution in [-0.4, -0.2) is 34.2 Å². The first-order valence-electron chi connectivity index (χ1n) is 8.85. The van der Waals surface area contributed by atoms with Crippen LogP contribution in [-0.2, 0) is 0 Å². The predicted octanol–water partition coefficient (Wildman–Crippen LogP) is 4.59. The predicted molar refractivity (Wildman–Crippen MR) is 115 cm³/mol. The normalized spacial score (nSPS) is 10.5. The maximum absolute atomic E-state index is 12.4. The lowest BCUT2D eigenvalue weighted by atomic mass is 10.1. The minimum absolute atomic E-state index is 0.00389. The van der Waals surface area contributed by atoms with Crippen LogP contribution in [0.25, 0.3) is 0 Å². The summed E-state index contributed by atoms with van der Waals surface area (Å²) in [6.07, 6.45) is 1.02. The van der Waals surface area contributed by atoms with Crippen molar-refractivity contribution in [3.05, 3.63) is 65.7 Å². The third-order valence-corrected chi connectivity index (χ3v) is 5.77. The molecular weight excluding hydrogens is 392 g/mol. The van der Waals surface area contributed by atoms with Crippen LogP contribution < -0.4 is 10.6 Å². The summed E-state index contributed by atoms with van der Waals surface area (Å²) in [5.74, 6) is 0.112. The largest absolute Gasteiger partial charge is 0.360 e. The number of carbonyl (C=O) groups is 2. The van der Waals surface area contributed by atoms with Crippen molar-refractivity contribution in [1.29, 1.82) is 0 Å². The Hall–Kier alpha value is -2.71. The summed E-state index contributed by atoms with van der Waals surface area (Å²) < 4.78 is 0.763. The van der Waals surface area contributed by atoms with Crippen molar-refractivity contribution in [2.45, 2.75) is 17.7 Å². The van der Waals surface area contributed by atoms with Crippen molar-refractivity contribution in [3.63, 3.8) is 0 Å². The third-order valence-electron chi connectivity index (χ3n) is 3.76. The summed E-state index contributed by atoms with van der Waals surface area (Å²) in [6.45, 7) is 2.94. The van der Waals surface area contributed by atoms with Gasteiger partial charge in [0.05, 0.1) is 5.75 Å². The molecule has 3 rings (SSSR count). The number of nitrogens with zero attached hydrogens (tertiary/aromatic N) is 2. The highest BCUT2D eigenvalue weighted by atomic mass is 32.2. The van der Waals surface area contributed by atoms with Gasteiger partial charge in [-0.05, 0) is 42.8 Å². The topological polar surface area (TPSA) is 84.0 Å². The molecule has 0 saturated carbocycles. The van der Waals surface area contributed by atoms with Gasteiger partial charge < -0.3 is 10.6 Å². The van der Waals surface area contributed by atoms with E-state index in [0.717, 1.165) is 22.4 Å². The van der Waals surface area contributed by atoms with E-state index in [4.69, 9.17) is 0 Å². The van der Waals surface area contributed by atoms with Gasteiger partial charge in [0.15, 0.2) is 10.1 Å². The Balaban J connectivity index is 1.52. The number of amides is 1. The van der Waals surface area contributed by atoms with E-state index < -0.39 is 0 Å². The van der Waals surface area contributed by atoms with Gasteiger partial charge in [0.1, 0.15) is 0 Å². The molecule has 0 aliphatic heterocycles. The molecule has 8 heteroatoms. The van der Waals surface area contributed by atoms with Crippen LogP contribution >= 0.6 is 23.1 Å². The molecule has 1 aromatic heterocycles. The van der Waals surface area contributed by atoms with Gasteiger partial charge in [-0.15, -0.1) is 10.2 Å². The van der Waals surface area contributed by atoms with Crippen molar-refractivity contribution in [1.82, 2.24) is 10.2 Å². The fraction of sp³-hybridized carbons (Fsp3) is 0.200. The lowest BCUT2D eigenvalue weighted by molar-refractivity contribution is 0.101. The highest BCUT2D eigenvalue weighted by molar-refractivity contribution is 8.01. The Morgan fingerprint density at radius 2 is 1.75 bits per heavy atom. The Kier molecular flexibility index (Phi) is 7.16. The molecule has 0 aliphatic rings. The van der Waals surface area contributed by atoms with Gasteiger partial charge in [-0.25, -0.2) is 0 Å². The van der Waals surface area contributed by atoms with Crippen molar-refractivity contribution in [3.8, 4) is 0 Å². The summed E-state index contributed by atoms with van der Waals surface area (Å²) in [5, 5.41) is 14.9. The number of rotatable bonds is 9. The third kappa shape index (κ3) is 5.64. The van der Waals surface area contributed by atoms with Crippen molar-refractivity contribution in [2.75, 3.05) is 22.9 Å². The fourth-order valence-electron chi connectivity index (χ4n) is 2.31. The minimum Gasteiger partial charge on any atom is -0.360 e. The average molecular weight is 413 g/mol. The van der Waals surface area contributed by atoms with E-state index in [9.17, 15) is 9.59 Å². The quantitative estimate of drug-likeness (QED) is 0.395. The van der Waals surface area contributed by atoms with Crippen LogP contribution in [0.15, 0.2) is 58.9 Å². The molecule has 2 N–H and O–H groups in total. The summed E-state index contributed by atoms with van der Waals surface area (Å²) >= 11 is 2.82. The second kappa shape index (κ2) is 10.0. The lowest BCUT2D eigenvalue weighted by Crippen LogP contribution is -2.11. The molecular formula is C20H20N4O2S2. The van der Waals surface area contributed by atoms with Crippen LogP contribution in [0.3, 0.4) is 0 Å². The molecule has 0 saturated heterocycles. The minimum atomic E-state index is -0.181. The van der Waals surface area contributed by atoms with Crippen LogP contribution in [0.5, 0.6) is 0 Å². The maximum atomic E-state index is 12.4. The number of benzene rings is 2. The molecule has 2 aromatic carbocycles. The highest BCUT2D eigenvalue weighted by Gasteiger charge is 2.11. The van der Waals surface area contributed by atoms with Crippen LogP contribution in [0.1, 0.15) is 34.1 Å². The second-order valence-electron chi connectivity index (χ2n) is 5.91. The molecule has 3 aromatic rings. The monoisotopic (exact) mass is 412 g/mol. The SMILES string of the molecule is CCCNc1nnc(SCC(=O)c2ccc(NC(=O)c3ccccc3)cc2)s1. The summed E-state index contributed by atoms with van der Waals surface area (Å²) in [5.41, 5.74) is 1.83. The summed E-state index contributed by atoms with van der Waals surface area (Å²) in [6, 6.07) is 15.9. The molecule has 0 spiro atoms. The van der Waals surface area contributed by atoms with E-state index >= 15 is 0 Å². The molecule has 6 nitrogen and oxygen atoms in total. The number of thioether (sulfide) groups is 1. The van der Waals surface area contributed by atoms with E-state index in [-0.39, 0.29) is 17.4 Å². The van der Waals surface area contributed by atoms with Gasteiger partial charge in [0.2, 0.25) is 5.13 Å². The zero-order chi connectivity index (χ0) is 19.8. The number of carbonyl (C=O) groups excluding carboxylic acids is 2. The Labute approximate surface area is 171 Å². The smallest absolute Gasteiger partial charge is 0.255 e. The molecule has 0 fully saturated rings. The number of anilines is 2. The number of hydrogen-bond donors (Lipinski definition) is 2. The van der Waals surface area contributed by atoms with Crippen LogP contribution in [0.4, 0.5) is 10.8 Å². The molecule has 0 aliphatic carbocycles. The van der Waals surface area contributed by atoms with E-state index in [1.807, 2.05) is 18.2 Å². The van der Waals surface area contributed by atoms with E-state index in [2.05, 4.69) is 27.8 Å². The van der Waals surface area contributed by atoms with Gasteiger partial charge >= 0.3 is 0 Å². The van der Waals surface area contributed by atoms with Crippen molar-refractivity contribution in [2.24, 2.45) is 0 Å². The van der Waals surface area contributed by atoms with Crippen molar-refractivity contribution >= 4 is 45.6 Å². The van der Waals surface area contributed by atoms with E-state index in [1.165, 1.54) is 23.1 Å². The van der Waals surface area contributed by atoms with E-state index in [0.29, 0.717) is 16.8 Å². The van der Waals surface area contributed by atoms with Crippen LogP contribution in [0, 0.1) is 0 Å². The molecule has 0 atom stereocenters. The van der Waals surface area contributed by atoms with Gasteiger partial charge in [0, 0.05) is 23.4 Å². The van der Waals surface area contributed by atoms with Gasteiger partial charge in [-0.3, -0.25) is 9.59 Å². The molecule has 0 radical (unpaired) electrons. The molecule has 0 bridgehead atoms. The Morgan fingerprint density at radius 1 is 1.00 bits per heavy atom. The standard InChI is InChI=1S/C20H20N4O2S2/c1-2-12-21-19-23-24-20(28-19)27-13-17(25)14-8-10-16(11-9-14)22-18(26)15-6-4-3-5-7-15/h3-11H,2,12-13H2,1H3,(H,21,23)(H,22,26). The maximum Gasteiger partial charge on any atom is 0.255 e. The second-order valence-corrected chi connectivity index (χ2v) is 8.11. The average Bonchev–Trinajstić information content (AvgIpc) is 3.19. The molecule has 1 amide bonds. The number of aromatic nitrogens is 2. The number of Topliss-reactive ketones (excluding diaryl/α,β-unsaturated/α-hetero) is 1. The molecule has 28 heavy (non-hydrogen) atoms. The Bertz CT molecular complexity index is 927. The highest BCUT2D eigenvalue weighted by Crippen LogP contribution is 2.26. The van der Waals surface area contributed by atoms with Gasteiger partial charge in [-0.2, -0.15) is 0 Å². The first kappa shape index (κ1) is 20.0. The Morgan fingerprint density at radius 3 is 2.46 bits per heavy atom. The number of ketones is 1. The zero-order valence-corrected chi connectivity index (χ0v) is 17.0.